The molecule has 276 valence electrons. The van der Waals surface area contributed by atoms with Crippen molar-refractivity contribution in [3.8, 4) is 11.5 Å². The van der Waals surface area contributed by atoms with Crippen LogP contribution in [0.25, 0.3) is 0 Å². The molecule has 3 atom stereocenters. The lowest BCUT2D eigenvalue weighted by atomic mass is 9.86. The van der Waals surface area contributed by atoms with Crippen LogP contribution in [-0.2, 0) is 36.8 Å². The van der Waals surface area contributed by atoms with E-state index in [0.717, 1.165) is 71.5 Å². The highest BCUT2D eigenvalue weighted by Crippen LogP contribution is 2.38. The molecular formula is C41H54N2O8. The molecule has 3 unspecified atom stereocenters. The van der Waals surface area contributed by atoms with Gasteiger partial charge in [-0.15, -0.1) is 0 Å². The first kappa shape index (κ1) is 38.1. The Labute approximate surface area is 302 Å². The predicted molar refractivity (Wildman–Crippen MR) is 196 cm³/mol. The van der Waals surface area contributed by atoms with Gasteiger partial charge in [0.2, 0.25) is 5.91 Å². The molecule has 0 radical (unpaired) electrons. The van der Waals surface area contributed by atoms with Crippen LogP contribution in [0.3, 0.4) is 0 Å². The molecule has 3 aromatic carbocycles. The average molecular weight is 703 g/mol. The Morgan fingerprint density at radius 2 is 1.76 bits per heavy atom. The smallest absolute Gasteiger partial charge is 0.410 e. The average Bonchev–Trinajstić information content (AvgIpc) is 3.12. The van der Waals surface area contributed by atoms with Crippen molar-refractivity contribution in [2.24, 2.45) is 0 Å². The van der Waals surface area contributed by atoms with Gasteiger partial charge in [-0.3, -0.25) is 4.79 Å². The van der Waals surface area contributed by atoms with E-state index in [1.807, 2.05) is 63.2 Å². The van der Waals surface area contributed by atoms with Crippen LogP contribution in [0, 0.1) is 0 Å². The number of para-hydroxylation sites is 1. The van der Waals surface area contributed by atoms with Gasteiger partial charge in [-0.05, 0) is 87.4 Å². The minimum Gasteiger partial charge on any atom is -0.496 e. The van der Waals surface area contributed by atoms with Gasteiger partial charge in [0.15, 0.2) is 0 Å². The number of piperidine rings is 1. The molecule has 0 bridgehead atoms. The Morgan fingerprint density at radius 3 is 2.53 bits per heavy atom. The normalized spacial score (nSPS) is 18.1. The van der Waals surface area contributed by atoms with E-state index in [9.17, 15) is 9.59 Å². The number of benzene rings is 3. The van der Waals surface area contributed by atoms with Crippen molar-refractivity contribution in [3.63, 3.8) is 0 Å². The van der Waals surface area contributed by atoms with E-state index in [2.05, 4.69) is 29.6 Å². The summed E-state index contributed by atoms with van der Waals surface area (Å²) >= 11 is 0. The first-order valence-electron chi connectivity index (χ1n) is 18.1. The standard InChI is InChI=1S/C41H54N2O8/c1-41(2,3)51-40(45)43-22-21-34(29-15-18-33(19-16-29)49-25-9-24-48-28-32-10-6-7-11-36(32)47-5)38(27-43)50-37(12-8-23-46-4)31-14-13-30-17-20-39(44)42-35(30)26-31/h6-7,10-11,13-16,18-19,26,34,37-38H,8-9,12,17,20-25,27-28H2,1-5H3,(H,42,44). The number of fused-ring (bicyclic) bond motifs is 1. The fraction of sp³-hybridized carbons (Fsp3) is 0.512. The number of hydrogen-bond donors (Lipinski definition) is 1. The highest BCUT2D eigenvalue weighted by atomic mass is 16.6. The summed E-state index contributed by atoms with van der Waals surface area (Å²) < 4.78 is 35.5. The quantitative estimate of drug-likeness (QED) is 0.151. The number of anilines is 1. The highest BCUT2D eigenvalue weighted by molar-refractivity contribution is 5.94. The van der Waals surface area contributed by atoms with Crippen molar-refractivity contribution in [1.29, 1.82) is 0 Å². The van der Waals surface area contributed by atoms with E-state index in [1.165, 1.54) is 0 Å². The molecule has 0 aromatic heterocycles. The van der Waals surface area contributed by atoms with Gasteiger partial charge in [-0.1, -0.05) is 42.5 Å². The Balaban J connectivity index is 1.26. The lowest BCUT2D eigenvalue weighted by Gasteiger charge is -2.40. The van der Waals surface area contributed by atoms with Crippen LogP contribution < -0.4 is 14.8 Å². The molecule has 1 fully saturated rings. The molecule has 3 aromatic rings. The fourth-order valence-corrected chi connectivity index (χ4v) is 6.62. The van der Waals surface area contributed by atoms with Gasteiger partial charge in [0, 0.05) is 50.3 Å². The van der Waals surface area contributed by atoms with Crippen LogP contribution in [0.5, 0.6) is 11.5 Å². The maximum absolute atomic E-state index is 13.2. The summed E-state index contributed by atoms with van der Waals surface area (Å²) in [7, 11) is 3.36. The van der Waals surface area contributed by atoms with Gasteiger partial charge in [0.25, 0.3) is 0 Å². The third-order valence-electron chi connectivity index (χ3n) is 9.23. The SMILES string of the molecule is COCCCC(OC1CN(C(=O)OC(C)(C)C)CCC1c1ccc(OCCCOCc2ccccc2OC)cc1)c1ccc2c(c1)NC(=O)CC2. The van der Waals surface area contributed by atoms with Gasteiger partial charge in [-0.2, -0.15) is 0 Å². The number of amides is 2. The molecule has 2 aliphatic rings. The molecule has 10 heteroatoms. The van der Waals surface area contributed by atoms with Crippen molar-refractivity contribution in [3.05, 3.63) is 89.0 Å². The van der Waals surface area contributed by atoms with E-state index in [0.29, 0.717) is 45.9 Å². The molecule has 1 saturated heterocycles. The van der Waals surface area contributed by atoms with Crippen LogP contribution in [0.2, 0.25) is 0 Å². The summed E-state index contributed by atoms with van der Waals surface area (Å²) in [6, 6.07) is 22.3. The van der Waals surface area contributed by atoms with Crippen molar-refractivity contribution in [2.45, 2.75) is 89.6 Å². The Morgan fingerprint density at radius 1 is 0.961 bits per heavy atom. The molecule has 0 spiro atoms. The molecule has 2 heterocycles. The van der Waals surface area contributed by atoms with Crippen molar-refractivity contribution < 1.29 is 38.0 Å². The maximum atomic E-state index is 13.2. The summed E-state index contributed by atoms with van der Waals surface area (Å²) in [6.45, 7) is 8.81. The van der Waals surface area contributed by atoms with E-state index in [1.54, 1.807) is 19.1 Å². The van der Waals surface area contributed by atoms with Gasteiger partial charge in [0.05, 0.1) is 45.7 Å². The molecule has 0 saturated carbocycles. The summed E-state index contributed by atoms with van der Waals surface area (Å²) in [5.41, 5.74) is 4.52. The number of likely N-dealkylation sites (tertiary alicyclic amines) is 1. The lowest BCUT2D eigenvalue weighted by molar-refractivity contribution is -0.116. The predicted octanol–water partition coefficient (Wildman–Crippen LogP) is 7.84. The zero-order chi connectivity index (χ0) is 36.2. The number of carbonyl (C=O) groups excluding carboxylic acids is 2. The first-order valence-corrected chi connectivity index (χ1v) is 18.1. The van der Waals surface area contributed by atoms with Crippen LogP contribution in [0.1, 0.15) is 87.2 Å². The van der Waals surface area contributed by atoms with Crippen LogP contribution in [0.4, 0.5) is 10.5 Å². The summed E-state index contributed by atoms with van der Waals surface area (Å²) in [4.78, 5) is 27.2. The van der Waals surface area contributed by atoms with E-state index in [-0.39, 0.29) is 30.1 Å². The second kappa shape index (κ2) is 18.4. The van der Waals surface area contributed by atoms with E-state index < -0.39 is 5.60 Å². The first-order chi connectivity index (χ1) is 24.6. The fourth-order valence-electron chi connectivity index (χ4n) is 6.62. The second-order valence-corrected chi connectivity index (χ2v) is 14.2. The maximum Gasteiger partial charge on any atom is 0.410 e. The van der Waals surface area contributed by atoms with Crippen molar-refractivity contribution >= 4 is 17.7 Å². The zero-order valence-electron chi connectivity index (χ0n) is 30.8. The topological polar surface area (TPSA) is 105 Å². The lowest BCUT2D eigenvalue weighted by Crippen LogP contribution is -2.48. The molecule has 51 heavy (non-hydrogen) atoms. The number of ether oxygens (including phenoxy) is 6. The zero-order valence-corrected chi connectivity index (χ0v) is 30.8. The largest absolute Gasteiger partial charge is 0.496 e. The Bertz CT molecular complexity index is 1570. The molecule has 0 aliphatic carbocycles. The number of carbonyl (C=O) groups is 2. The minimum atomic E-state index is -0.599. The third kappa shape index (κ3) is 11.2. The number of aryl methyl sites for hydroxylation is 1. The summed E-state index contributed by atoms with van der Waals surface area (Å²) in [6.07, 6.45) is 3.33. The number of methoxy groups -OCH3 is 2. The van der Waals surface area contributed by atoms with E-state index >= 15 is 0 Å². The van der Waals surface area contributed by atoms with Crippen molar-refractivity contribution in [2.75, 3.05) is 52.4 Å². The van der Waals surface area contributed by atoms with E-state index in [4.69, 9.17) is 28.4 Å². The third-order valence-corrected chi connectivity index (χ3v) is 9.23. The van der Waals surface area contributed by atoms with Gasteiger partial charge < -0.3 is 38.6 Å². The van der Waals surface area contributed by atoms with Gasteiger partial charge >= 0.3 is 6.09 Å². The van der Waals surface area contributed by atoms with Crippen LogP contribution in [-0.4, -0.2) is 75.7 Å². The second-order valence-electron chi connectivity index (χ2n) is 14.2. The molecule has 10 nitrogen and oxygen atoms in total. The summed E-state index contributed by atoms with van der Waals surface area (Å²) in [5, 5.41) is 3.03. The molecular weight excluding hydrogens is 648 g/mol. The minimum absolute atomic E-state index is 0.0294. The number of hydrogen-bond acceptors (Lipinski definition) is 8. The molecule has 5 rings (SSSR count). The number of nitrogens with one attached hydrogen (secondary N) is 1. The molecule has 2 amide bonds. The van der Waals surface area contributed by atoms with Gasteiger partial charge in [0.1, 0.15) is 17.1 Å². The van der Waals surface area contributed by atoms with Crippen LogP contribution in [0.15, 0.2) is 66.7 Å². The van der Waals surface area contributed by atoms with Gasteiger partial charge in [-0.25, -0.2) is 4.79 Å². The monoisotopic (exact) mass is 702 g/mol. The summed E-state index contributed by atoms with van der Waals surface area (Å²) in [5.74, 6) is 1.69. The number of rotatable bonds is 16. The Kier molecular flexibility index (Phi) is 13.7. The number of nitrogens with zero attached hydrogens (tertiary/aromatic N) is 1. The molecule has 2 aliphatic heterocycles. The highest BCUT2D eigenvalue weighted by Gasteiger charge is 2.37. The van der Waals surface area contributed by atoms with Crippen molar-refractivity contribution in [1.82, 2.24) is 4.90 Å². The molecule has 1 N–H and O–H groups in total. The Hall–Kier alpha value is -4.12. The van der Waals surface area contributed by atoms with Crippen LogP contribution >= 0.6 is 0 Å².